The molecule has 0 bridgehead atoms. The predicted octanol–water partition coefficient (Wildman–Crippen LogP) is 9.19. The molecular formula is C31H56N4O. The summed E-state index contributed by atoms with van der Waals surface area (Å²) in [4.78, 5) is 22.8. The summed E-state index contributed by atoms with van der Waals surface area (Å²) in [7, 11) is 1.74. The highest BCUT2D eigenvalue weighted by Gasteiger charge is 2.10. The lowest BCUT2D eigenvalue weighted by Crippen LogP contribution is -2.02. The highest BCUT2D eigenvalue weighted by atomic mass is 16.1. The zero-order valence-corrected chi connectivity index (χ0v) is 25.4. The fourth-order valence-electron chi connectivity index (χ4n) is 2.59. The van der Waals surface area contributed by atoms with E-state index in [1.54, 1.807) is 20.2 Å². The molecule has 2 rings (SSSR count). The number of benzene rings is 1. The Morgan fingerprint density at radius 1 is 0.917 bits per heavy atom. The van der Waals surface area contributed by atoms with E-state index in [0.717, 1.165) is 34.0 Å². The van der Waals surface area contributed by atoms with Crippen LogP contribution in [0.25, 0.3) is 11.3 Å². The summed E-state index contributed by atoms with van der Waals surface area (Å²) in [5.74, 6) is 1.00. The van der Waals surface area contributed by atoms with Gasteiger partial charge in [0, 0.05) is 36.5 Å². The van der Waals surface area contributed by atoms with Crippen molar-refractivity contribution in [3.05, 3.63) is 41.3 Å². The Morgan fingerprint density at radius 2 is 1.42 bits per heavy atom. The van der Waals surface area contributed by atoms with E-state index in [1.807, 2.05) is 45.0 Å². The number of carbonyl (C=O) groups is 1. The highest BCUT2D eigenvalue weighted by Crippen LogP contribution is 2.24. The molecule has 0 aliphatic heterocycles. The maximum Gasteiger partial charge on any atom is 0.129 e. The van der Waals surface area contributed by atoms with E-state index in [9.17, 15) is 4.79 Å². The lowest BCUT2D eigenvalue weighted by Gasteiger charge is -2.09. The van der Waals surface area contributed by atoms with Crippen molar-refractivity contribution >= 4 is 17.7 Å². The summed E-state index contributed by atoms with van der Waals surface area (Å²) in [6.45, 7) is 20.3. The lowest BCUT2D eigenvalue weighted by molar-refractivity contribution is -0.116. The summed E-state index contributed by atoms with van der Waals surface area (Å²) in [6.07, 6.45) is 12.0. The number of nitrogens with two attached hydrogens (primary N) is 1. The normalized spacial score (nSPS) is 9.42. The zero-order chi connectivity index (χ0) is 28.4. The van der Waals surface area contributed by atoms with Crippen molar-refractivity contribution in [1.82, 2.24) is 9.97 Å². The summed E-state index contributed by atoms with van der Waals surface area (Å²) < 4.78 is 0. The van der Waals surface area contributed by atoms with Crippen LogP contribution in [0.3, 0.4) is 0 Å². The molecule has 36 heavy (non-hydrogen) atoms. The fraction of sp³-hybridized carbons (Fsp3) is 0.613. The average molecular weight is 501 g/mol. The summed E-state index contributed by atoms with van der Waals surface area (Å²) >= 11 is 0. The molecule has 0 amide bonds. The van der Waals surface area contributed by atoms with Crippen molar-refractivity contribution < 1.29 is 4.79 Å². The molecule has 5 heteroatoms. The van der Waals surface area contributed by atoms with Crippen LogP contribution in [0.4, 0.5) is 5.69 Å². The third kappa shape index (κ3) is 21.9. The summed E-state index contributed by atoms with van der Waals surface area (Å²) in [5, 5.41) is 0. The molecule has 1 heterocycles. The van der Waals surface area contributed by atoms with E-state index >= 15 is 0 Å². The van der Waals surface area contributed by atoms with Crippen LogP contribution < -0.4 is 5.73 Å². The first-order valence-electron chi connectivity index (χ1n) is 13.8. The van der Waals surface area contributed by atoms with Gasteiger partial charge < -0.3 is 10.5 Å². The number of aliphatic imine (C=N–C) groups is 1. The smallest absolute Gasteiger partial charge is 0.129 e. The maximum absolute atomic E-state index is 9.81. The van der Waals surface area contributed by atoms with Crippen LogP contribution in [0, 0.1) is 13.8 Å². The summed E-state index contributed by atoms with van der Waals surface area (Å²) in [5.41, 5.74) is 10.3. The van der Waals surface area contributed by atoms with Gasteiger partial charge in [-0.2, -0.15) is 0 Å². The van der Waals surface area contributed by atoms with Gasteiger partial charge >= 0.3 is 0 Å². The molecule has 206 valence electrons. The number of unbranched alkanes of at least 4 members (excludes halogenated alkanes) is 4. The van der Waals surface area contributed by atoms with E-state index in [-0.39, 0.29) is 5.78 Å². The molecule has 0 spiro atoms. The third-order valence-electron chi connectivity index (χ3n) is 4.37. The van der Waals surface area contributed by atoms with Gasteiger partial charge in [-0.15, -0.1) is 0 Å². The standard InChI is InChI=1S/C14H16N4.C7H16.C4H8O.2C3H8/c1-9-13(8-16-3)14(18-10(2)17-9)11-5-4-6-12(15)7-11;1-3-5-7-6-4-2;1-3-4(2)5;2*1-3-2/h4-8H,15H2,1-3H3;3-7H2,1-2H3;3H2,1-2H3;2*3H2,1-2H3. The van der Waals surface area contributed by atoms with E-state index in [2.05, 4.69) is 56.5 Å². The third-order valence-corrected chi connectivity index (χ3v) is 4.37. The van der Waals surface area contributed by atoms with Gasteiger partial charge in [0.05, 0.1) is 11.4 Å². The number of hydrogen-bond donors (Lipinski definition) is 1. The number of Topliss-reactive ketones (excluding diaryl/α,β-unsaturated/α-hetero) is 1. The van der Waals surface area contributed by atoms with Crippen LogP contribution in [-0.4, -0.2) is 29.0 Å². The molecule has 0 atom stereocenters. The minimum Gasteiger partial charge on any atom is -0.399 e. The molecule has 2 aromatic rings. The number of aromatic nitrogens is 2. The Hall–Kier alpha value is -2.56. The highest BCUT2D eigenvalue weighted by molar-refractivity contribution is 5.90. The molecular weight excluding hydrogens is 444 g/mol. The first-order chi connectivity index (χ1) is 17.1. The number of nitrogens with zero attached hydrogens (tertiary/aromatic N) is 3. The van der Waals surface area contributed by atoms with Crippen molar-refractivity contribution in [2.75, 3.05) is 12.8 Å². The molecule has 1 aromatic carbocycles. The van der Waals surface area contributed by atoms with Crippen LogP contribution in [0.1, 0.15) is 124 Å². The molecule has 5 nitrogen and oxygen atoms in total. The number of anilines is 1. The molecule has 0 unspecified atom stereocenters. The molecule has 0 radical (unpaired) electrons. The number of ketones is 1. The van der Waals surface area contributed by atoms with Gasteiger partial charge in [0.25, 0.3) is 0 Å². The molecule has 0 aliphatic rings. The van der Waals surface area contributed by atoms with Crippen molar-refractivity contribution in [1.29, 1.82) is 0 Å². The second kappa shape index (κ2) is 27.0. The van der Waals surface area contributed by atoms with E-state index in [0.29, 0.717) is 6.42 Å². The van der Waals surface area contributed by atoms with Gasteiger partial charge in [-0.25, -0.2) is 9.97 Å². The largest absolute Gasteiger partial charge is 0.399 e. The molecule has 0 saturated carbocycles. The molecule has 1 aromatic heterocycles. The van der Waals surface area contributed by atoms with Crippen LogP contribution in [0.5, 0.6) is 0 Å². The first-order valence-corrected chi connectivity index (χ1v) is 13.8. The van der Waals surface area contributed by atoms with Crippen molar-refractivity contribution in [2.24, 2.45) is 4.99 Å². The Morgan fingerprint density at radius 3 is 1.81 bits per heavy atom. The van der Waals surface area contributed by atoms with Crippen molar-refractivity contribution in [3.8, 4) is 11.3 Å². The lowest BCUT2D eigenvalue weighted by atomic mass is 10.0. The van der Waals surface area contributed by atoms with Crippen LogP contribution in [-0.2, 0) is 4.79 Å². The van der Waals surface area contributed by atoms with E-state index in [4.69, 9.17) is 5.73 Å². The Bertz CT molecular complexity index is 810. The molecule has 0 aliphatic carbocycles. The molecule has 0 saturated heterocycles. The Balaban J connectivity index is -0.000000499. The summed E-state index contributed by atoms with van der Waals surface area (Å²) in [6, 6.07) is 7.68. The van der Waals surface area contributed by atoms with E-state index in [1.165, 1.54) is 44.9 Å². The SMILES string of the molecule is CCC.CCC.CCC(C)=O.CCCCCCC.CN=Cc1c(C)nc(C)nc1-c1cccc(N)c1. The van der Waals surface area contributed by atoms with Crippen molar-refractivity contribution in [3.63, 3.8) is 0 Å². The van der Waals surface area contributed by atoms with Gasteiger partial charge in [0.2, 0.25) is 0 Å². The van der Waals surface area contributed by atoms with Gasteiger partial charge in [-0.1, -0.05) is 106 Å². The van der Waals surface area contributed by atoms with E-state index < -0.39 is 0 Å². The maximum atomic E-state index is 9.81. The number of hydrogen-bond acceptors (Lipinski definition) is 5. The van der Waals surface area contributed by atoms with Crippen LogP contribution in [0.2, 0.25) is 0 Å². The zero-order valence-electron chi connectivity index (χ0n) is 25.4. The fourth-order valence-corrected chi connectivity index (χ4v) is 2.59. The number of rotatable bonds is 7. The minimum absolute atomic E-state index is 0.255. The minimum atomic E-state index is 0.255. The number of carbonyl (C=O) groups excluding carboxylic acids is 1. The topological polar surface area (TPSA) is 81.2 Å². The van der Waals surface area contributed by atoms with Gasteiger partial charge in [0.15, 0.2) is 0 Å². The van der Waals surface area contributed by atoms with Crippen LogP contribution in [0.15, 0.2) is 29.3 Å². The second-order valence-electron chi connectivity index (χ2n) is 8.66. The quantitative estimate of drug-likeness (QED) is 0.233. The molecule has 0 fully saturated rings. The van der Waals surface area contributed by atoms with Crippen LogP contribution >= 0.6 is 0 Å². The first kappa shape index (κ1) is 38.0. The second-order valence-corrected chi connectivity index (χ2v) is 8.66. The van der Waals surface area contributed by atoms with Gasteiger partial charge in [-0.3, -0.25) is 4.99 Å². The molecule has 2 N–H and O–H groups in total. The number of aryl methyl sites for hydroxylation is 2. The monoisotopic (exact) mass is 500 g/mol. The Kier molecular flexibility index (Phi) is 28.5. The van der Waals surface area contributed by atoms with Crippen molar-refractivity contribution in [2.45, 2.75) is 121 Å². The Labute approximate surface area is 223 Å². The predicted molar refractivity (Wildman–Crippen MR) is 162 cm³/mol. The number of nitrogen functional groups attached to an aromatic ring is 1. The average Bonchev–Trinajstić information content (AvgIpc) is 2.83. The van der Waals surface area contributed by atoms with Gasteiger partial charge in [-0.05, 0) is 32.9 Å². The van der Waals surface area contributed by atoms with Gasteiger partial charge in [0.1, 0.15) is 11.6 Å².